The van der Waals surface area contributed by atoms with Crippen LogP contribution in [0.25, 0.3) is 22.6 Å². The standard InChI is InChI=1S/C13H6F2N4/c14-8-2-4-9-12(11(8)15)19-13(18-9)10-3-1-7(5-16)6-17-10/h1-4,6H,(H,18,19). The van der Waals surface area contributed by atoms with Gasteiger partial charge in [-0.3, -0.25) is 4.98 Å². The summed E-state index contributed by atoms with van der Waals surface area (Å²) in [6, 6.07) is 7.55. The van der Waals surface area contributed by atoms with E-state index >= 15 is 0 Å². The number of imidazole rings is 1. The molecule has 3 rings (SSSR count). The van der Waals surface area contributed by atoms with E-state index < -0.39 is 11.6 Å². The normalized spacial score (nSPS) is 10.6. The lowest BCUT2D eigenvalue weighted by atomic mass is 10.2. The van der Waals surface area contributed by atoms with Crippen molar-refractivity contribution in [3.63, 3.8) is 0 Å². The Morgan fingerprint density at radius 1 is 1.16 bits per heavy atom. The van der Waals surface area contributed by atoms with Gasteiger partial charge in [0.05, 0.1) is 11.1 Å². The van der Waals surface area contributed by atoms with Gasteiger partial charge in [0.2, 0.25) is 0 Å². The molecular formula is C13H6F2N4. The van der Waals surface area contributed by atoms with Crippen LogP contribution < -0.4 is 0 Å². The molecule has 0 fully saturated rings. The number of H-pyrrole nitrogens is 1. The lowest BCUT2D eigenvalue weighted by Gasteiger charge is -1.94. The highest BCUT2D eigenvalue weighted by Gasteiger charge is 2.13. The Kier molecular flexibility index (Phi) is 2.46. The lowest BCUT2D eigenvalue weighted by Crippen LogP contribution is -1.86. The van der Waals surface area contributed by atoms with Gasteiger partial charge in [0, 0.05) is 6.20 Å². The van der Waals surface area contributed by atoms with Crippen LogP contribution in [0.5, 0.6) is 0 Å². The van der Waals surface area contributed by atoms with Crippen LogP contribution in [0.1, 0.15) is 5.56 Å². The first kappa shape index (κ1) is 11.3. The predicted molar refractivity (Wildman–Crippen MR) is 64.0 cm³/mol. The number of fused-ring (bicyclic) bond motifs is 1. The lowest BCUT2D eigenvalue weighted by molar-refractivity contribution is 0.515. The van der Waals surface area contributed by atoms with Gasteiger partial charge in [-0.1, -0.05) is 0 Å². The average Bonchev–Trinajstić information content (AvgIpc) is 2.88. The van der Waals surface area contributed by atoms with Crippen LogP contribution >= 0.6 is 0 Å². The minimum atomic E-state index is -0.992. The van der Waals surface area contributed by atoms with Crippen LogP contribution in [-0.4, -0.2) is 15.0 Å². The van der Waals surface area contributed by atoms with Crippen LogP contribution in [-0.2, 0) is 0 Å². The number of nitrogens with zero attached hydrogens (tertiary/aromatic N) is 3. The maximum atomic E-state index is 13.5. The molecule has 4 nitrogen and oxygen atoms in total. The molecule has 0 unspecified atom stereocenters. The van der Waals surface area contributed by atoms with Crippen LogP contribution in [0.2, 0.25) is 0 Å². The van der Waals surface area contributed by atoms with Gasteiger partial charge >= 0.3 is 0 Å². The van der Waals surface area contributed by atoms with Crippen molar-refractivity contribution < 1.29 is 8.78 Å². The highest BCUT2D eigenvalue weighted by Crippen LogP contribution is 2.22. The molecule has 1 aromatic carbocycles. The molecule has 0 aliphatic heterocycles. The molecule has 0 atom stereocenters. The summed E-state index contributed by atoms with van der Waals surface area (Å²) in [5.41, 5.74) is 1.19. The summed E-state index contributed by atoms with van der Waals surface area (Å²) in [4.78, 5) is 10.9. The van der Waals surface area contributed by atoms with E-state index in [1.165, 1.54) is 12.3 Å². The van der Waals surface area contributed by atoms with Crippen molar-refractivity contribution >= 4 is 11.0 Å². The molecule has 0 amide bonds. The largest absolute Gasteiger partial charge is 0.337 e. The third kappa shape index (κ3) is 1.81. The molecule has 2 aromatic heterocycles. The number of rotatable bonds is 1. The average molecular weight is 256 g/mol. The van der Waals surface area contributed by atoms with E-state index in [-0.39, 0.29) is 5.52 Å². The minimum Gasteiger partial charge on any atom is -0.337 e. The number of hydrogen-bond acceptors (Lipinski definition) is 3. The quantitative estimate of drug-likeness (QED) is 0.728. The van der Waals surface area contributed by atoms with Gasteiger partial charge < -0.3 is 4.98 Å². The summed E-state index contributed by atoms with van der Waals surface area (Å²) in [6.07, 6.45) is 1.39. The SMILES string of the molecule is N#Cc1ccc(-c2nc3c(F)c(F)ccc3[nH]2)nc1. The number of halogens is 2. The van der Waals surface area contributed by atoms with E-state index in [9.17, 15) is 8.78 Å². The zero-order chi connectivity index (χ0) is 13.4. The van der Waals surface area contributed by atoms with Crippen molar-refractivity contribution in [2.24, 2.45) is 0 Å². The second kappa shape index (κ2) is 4.14. The molecule has 6 heteroatoms. The smallest absolute Gasteiger partial charge is 0.186 e. The Bertz CT molecular complexity index is 800. The third-order valence-electron chi connectivity index (χ3n) is 2.68. The molecule has 92 valence electrons. The van der Waals surface area contributed by atoms with Crippen molar-refractivity contribution in [2.45, 2.75) is 0 Å². The van der Waals surface area contributed by atoms with Gasteiger partial charge in [-0.25, -0.2) is 13.8 Å². The Morgan fingerprint density at radius 3 is 2.68 bits per heavy atom. The number of pyridine rings is 1. The van der Waals surface area contributed by atoms with Crippen molar-refractivity contribution in [1.82, 2.24) is 15.0 Å². The first-order chi connectivity index (χ1) is 9.19. The van der Waals surface area contributed by atoms with Gasteiger partial charge in [0.15, 0.2) is 17.5 Å². The summed E-state index contributed by atoms with van der Waals surface area (Å²) >= 11 is 0. The first-order valence-electron chi connectivity index (χ1n) is 5.39. The summed E-state index contributed by atoms with van der Waals surface area (Å²) in [7, 11) is 0. The predicted octanol–water partition coefficient (Wildman–Crippen LogP) is 2.77. The Balaban J connectivity index is 2.15. The van der Waals surface area contributed by atoms with Crippen LogP contribution in [0.3, 0.4) is 0 Å². The molecule has 19 heavy (non-hydrogen) atoms. The van der Waals surface area contributed by atoms with Gasteiger partial charge in [-0.2, -0.15) is 5.26 Å². The summed E-state index contributed by atoms with van der Waals surface area (Å²) in [5.74, 6) is -1.61. The minimum absolute atomic E-state index is 0.0684. The number of nitrogens with one attached hydrogen (secondary N) is 1. The highest BCUT2D eigenvalue weighted by molar-refractivity contribution is 5.79. The fraction of sp³-hybridized carbons (Fsp3) is 0. The molecule has 0 bridgehead atoms. The van der Waals surface area contributed by atoms with E-state index in [1.54, 1.807) is 12.1 Å². The number of benzene rings is 1. The maximum Gasteiger partial charge on any atom is 0.186 e. The van der Waals surface area contributed by atoms with E-state index in [1.807, 2.05) is 6.07 Å². The molecule has 0 radical (unpaired) electrons. The van der Waals surface area contributed by atoms with Crippen molar-refractivity contribution in [2.75, 3.05) is 0 Å². The zero-order valence-corrected chi connectivity index (χ0v) is 9.48. The molecule has 0 aliphatic rings. The fourth-order valence-corrected chi connectivity index (χ4v) is 1.74. The maximum absolute atomic E-state index is 13.5. The molecule has 0 spiro atoms. The Morgan fingerprint density at radius 2 is 2.00 bits per heavy atom. The van der Waals surface area contributed by atoms with Gasteiger partial charge in [0.1, 0.15) is 17.3 Å². The second-order valence-electron chi connectivity index (χ2n) is 3.89. The van der Waals surface area contributed by atoms with Gasteiger partial charge in [-0.15, -0.1) is 0 Å². The van der Waals surface area contributed by atoms with E-state index in [2.05, 4.69) is 15.0 Å². The van der Waals surface area contributed by atoms with Crippen molar-refractivity contribution in [1.29, 1.82) is 5.26 Å². The molecule has 1 N–H and O–H groups in total. The summed E-state index contributed by atoms with van der Waals surface area (Å²) in [6.45, 7) is 0. The number of hydrogen-bond donors (Lipinski definition) is 1. The molecule has 0 aliphatic carbocycles. The van der Waals surface area contributed by atoms with E-state index in [4.69, 9.17) is 5.26 Å². The summed E-state index contributed by atoms with van der Waals surface area (Å²) in [5, 5.41) is 8.68. The number of aromatic amines is 1. The Labute approximate surface area is 106 Å². The van der Waals surface area contributed by atoms with Gasteiger partial charge in [-0.05, 0) is 24.3 Å². The van der Waals surface area contributed by atoms with Crippen molar-refractivity contribution in [3.8, 4) is 17.6 Å². The molecule has 0 saturated carbocycles. The van der Waals surface area contributed by atoms with Crippen LogP contribution in [0.4, 0.5) is 8.78 Å². The summed E-state index contributed by atoms with van der Waals surface area (Å²) < 4.78 is 26.6. The second-order valence-corrected chi connectivity index (χ2v) is 3.89. The Hall–Kier alpha value is -2.81. The van der Waals surface area contributed by atoms with E-state index in [0.717, 1.165) is 6.07 Å². The van der Waals surface area contributed by atoms with Crippen LogP contribution in [0, 0.1) is 23.0 Å². The first-order valence-corrected chi connectivity index (χ1v) is 5.39. The van der Waals surface area contributed by atoms with Crippen molar-refractivity contribution in [3.05, 3.63) is 47.7 Å². The molecule has 0 saturated heterocycles. The number of aromatic nitrogens is 3. The topological polar surface area (TPSA) is 65.4 Å². The highest BCUT2D eigenvalue weighted by atomic mass is 19.2. The van der Waals surface area contributed by atoms with Crippen LogP contribution in [0.15, 0.2) is 30.5 Å². The van der Waals surface area contributed by atoms with E-state index in [0.29, 0.717) is 22.6 Å². The monoisotopic (exact) mass is 256 g/mol. The molecular weight excluding hydrogens is 250 g/mol. The third-order valence-corrected chi connectivity index (χ3v) is 2.68. The molecule has 3 aromatic rings. The van der Waals surface area contributed by atoms with Gasteiger partial charge in [0.25, 0.3) is 0 Å². The number of nitriles is 1. The zero-order valence-electron chi connectivity index (χ0n) is 9.48. The fourth-order valence-electron chi connectivity index (χ4n) is 1.74. The molecule has 2 heterocycles.